The lowest BCUT2D eigenvalue weighted by Crippen LogP contribution is -2.19. The van der Waals surface area contributed by atoms with E-state index in [0.29, 0.717) is 6.54 Å². The van der Waals surface area contributed by atoms with Gasteiger partial charge < -0.3 is 10.1 Å². The molecule has 0 aliphatic rings. The summed E-state index contributed by atoms with van der Waals surface area (Å²) in [6, 6.07) is 6.04. The Bertz CT molecular complexity index is 347. The van der Waals surface area contributed by atoms with E-state index < -0.39 is 0 Å². The molecule has 1 aromatic carbocycles. The van der Waals surface area contributed by atoms with Gasteiger partial charge in [0.1, 0.15) is 5.75 Å². The van der Waals surface area contributed by atoms with Gasteiger partial charge in [-0.2, -0.15) is 0 Å². The Morgan fingerprint density at radius 3 is 2.73 bits per heavy atom. The van der Waals surface area contributed by atoms with E-state index in [4.69, 9.17) is 4.74 Å². The van der Waals surface area contributed by atoms with Gasteiger partial charge in [0.25, 0.3) is 0 Å². The van der Waals surface area contributed by atoms with E-state index in [0.717, 1.165) is 17.7 Å². The number of hydrogen-bond donors (Lipinski definition) is 1. The van der Waals surface area contributed by atoms with Gasteiger partial charge in [-0.3, -0.25) is 4.79 Å². The smallest absolute Gasteiger partial charge is 0.217 e. The van der Waals surface area contributed by atoms with Crippen LogP contribution in [0.1, 0.15) is 25.0 Å². The van der Waals surface area contributed by atoms with E-state index >= 15 is 0 Å². The largest absolute Gasteiger partial charge is 0.496 e. The molecular formula is C12H17NO2. The fourth-order valence-electron chi connectivity index (χ4n) is 1.41. The first kappa shape index (κ1) is 11.6. The molecule has 0 saturated carbocycles. The fourth-order valence-corrected chi connectivity index (χ4v) is 1.41. The van der Waals surface area contributed by atoms with Crippen LogP contribution in [0.2, 0.25) is 0 Å². The number of nitrogens with one attached hydrogen (secondary N) is 1. The highest BCUT2D eigenvalue weighted by molar-refractivity contribution is 5.72. The van der Waals surface area contributed by atoms with Crippen LogP contribution < -0.4 is 10.1 Å². The van der Waals surface area contributed by atoms with Gasteiger partial charge in [-0.15, -0.1) is 0 Å². The topological polar surface area (TPSA) is 38.3 Å². The second kappa shape index (κ2) is 5.39. The molecular weight excluding hydrogens is 190 g/mol. The average Bonchev–Trinajstić information content (AvgIpc) is 2.25. The number of methoxy groups -OCH3 is 1. The Labute approximate surface area is 90.4 Å². The number of carbonyl (C=O) groups excluding carboxylic acids is 1. The molecule has 82 valence electrons. The van der Waals surface area contributed by atoms with Crippen LogP contribution in [-0.2, 0) is 17.8 Å². The minimum atomic E-state index is -0.0287. The van der Waals surface area contributed by atoms with Crippen molar-refractivity contribution in [3.63, 3.8) is 0 Å². The first-order valence-electron chi connectivity index (χ1n) is 5.07. The first-order chi connectivity index (χ1) is 7.17. The standard InChI is InChI=1S/C12H17NO2/c1-4-10-5-6-12(15-3)11(7-10)8-13-9(2)14/h5-7H,4,8H2,1-3H3,(H,13,14). The van der Waals surface area contributed by atoms with Crippen molar-refractivity contribution in [1.82, 2.24) is 5.32 Å². The van der Waals surface area contributed by atoms with Crippen LogP contribution in [0.5, 0.6) is 5.75 Å². The molecule has 15 heavy (non-hydrogen) atoms. The maximum atomic E-state index is 10.8. The third-order valence-corrected chi connectivity index (χ3v) is 2.28. The molecule has 0 heterocycles. The van der Waals surface area contributed by atoms with E-state index in [9.17, 15) is 4.79 Å². The van der Waals surface area contributed by atoms with Crippen LogP contribution in [-0.4, -0.2) is 13.0 Å². The molecule has 0 aromatic heterocycles. The summed E-state index contributed by atoms with van der Waals surface area (Å²) in [5, 5.41) is 2.77. The molecule has 0 radical (unpaired) electrons. The minimum absolute atomic E-state index is 0.0287. The van der Waals surface area contributed by atoms with Gasteiger partial charge >= 0.3 is 0 Å². The molecule has 0 atom stereocenters. The van der Waals surface area contributed by atoms with Crippen molar-refractivity contribution in [1.29, 1.82) is 0 Å². The molecule has 1 rings (SSSR count). The summed E-state index contributed by atoms with van der Waals surface area (Å²) >= 11 is 0. The van der Waals surface area contributed by atoms with Crippen LogP contribution >= 0.6 is 0 Å². The number of aryl methyl sites for hydroxylation is 1. The Morgan fingerprint density at radius 1 is 1.47 bits per heavy atom. The predicted molar refractivity (Wildman–Crippen MR) is 59.9 cm³/mol. The molecule has 3 heteroatoms. The van der Waals surface area contributed by atoms with Crippen molar-refractivity contribution < 1.29 is 9.53 Å². The summed E-state index contributed by atoms with van der Waals surface area (Å²) in [6.07, 6.45) is 0.983. The molecule has 0 aliphatic heterocycles. The lowest BCUT2D eigenvalue weighted by Gasteiger charge is -2.10. The molecule has 0 saturated heterocycles. The van der Waals surface area contributed by atoms with E-state index in [2.05, 4.69) is 18.3 Å². The number of benzene rings is 1. The molecule has 1 amide bonds. The summed E-state index contributed by atoms with van der Waals surface area (Å²) < 4.78 is 5.23. The Kier molecular flexibility index (Phi) is 4.16. The van der Waals surface area contributed by atoms with Crippen molar-refractivity contribution in [2.24, 2.45) is 0 Å². The zero-order valence-corrected chi connectivity index (χ0v) is 9.46. The molecule has 0 spiro atoms. The van der Waals surface area contributed by atoms with Gasteiger partial charge in [-0.25, -0.2) is 0 Å². The maximum absolute atomic E-state index is 10.8. The molecule has 1 N–H and O–H groups in total. The first-order valence-corrected chi connectivity index (χ1v) is 5.07. The predicted octanol–water partition coefficient (Wildman–Crippen LogP) is 1.89. The summed E-state index contributed by atoms with van der Waals surface area (Å²) in [7, 11) is 1.64. The van der Waals surface area contributed by atoms with Crippen molar-refractivity contribution >= 4 is 5.91 Å². The van der Waals surface area contributed by atoms with E-state index in [1.807, 2.05) is 12.1 Å². The minimum Gasteiger partial charge on any atom is -0.496 e. The van der Waals surface area contributed by atoms with Gasteiger partial charge in [-0.1, -0.05) is 19.1 Å². The van der Waals surface area contributed by atoms with Crippen molar-refractivity contribution in [2.45, 2.75) is 26.8 Å². The van der Waals surface area contributed by atoms with Crippen LogP contribution in [0, 0.1) is 0 Å². The molecule has 3 nitrogen and oxygen atoms in total. The van der Waals surface area contributed by atoms with Crippen LogP contribution in [0.15, 0.2) is 18.2 Å². The third kappa shape index (κ3) is 3.27. The molecule has 0 fully saturated rings. The highest BCUT2D eigenvalue weighted by Crippen LogP contribution is 2.19. The lowest BCUT2D eigenvalue weighted by molar-refractivity contribution is -0.119. The van der Waals surface area contributed by atoms with Crippen molar-refractivity contribution in [3.8, 4) is 5.75 Å². The monoisotopic (exact) mass is 207 g/mol. The van der Waals surface area contributed by atoms with Gasteiger partial charge in [0.2, 0.25) is 5.91 Å². The maximum Gasteiger partial charge on any atom is 0.217 e. The summed E-state index contributed by atoms with van der Waals surface area (Å²) in [6.45, 7) is 4.13. The van der Waals surface area contributed by atoms with Crippen LogP contribution in [0.25, 0.3) is 0 Å². The van der Waals surface area contributed by atoms with Gasteiger partial charge in [0.05, 0.1) is 7.11 Å². The second-order valence-corrected chi connectivity index (χ2v) is 3.41. The zero-order chi connectivity index (χ0) is 11.3. The summed E-state index contributed by atoms with van der Waals surface area (Å²) in [5.74, 6) is 0.792. The lowest BCUT2D eigenvalue weighted by atomic mass is 10.1. The summed E-state index contributed by atoms with van der Waals surface area (Å²) in [4.78, 5) is 10.8. The molecule has 0 bridgehead atoms. The number of ether oxygens (including phenoxy) is 1. The summed E-state index contributed by atoms with van der Waals surface area (Å²) in [5.41, 5.74) is 2.27. The Hall–Kier alpha value is -1.51. The third-order valence-electron chi connectivity index (χ3n) is 2.28. The van der Waals surface area contributed by atoms with E-state index in [1.165, 1.54) is 12.5 Å². The van der Waals surface area contributed by atoms with Crippen LogP contribution in [0.4, 0.5) is 0 Å². The van der Waals surface area contributed by atoms with Gasteiger partial charge in [-0.05, 0) is 18.1 Å². The fraction of sp³-hybridized carbons (Fsp3) is 0.417. The number of rotatable bonds is 4. The van der Waals surface area contributed by atoms with E-state index in [-0.39, 0.29) is 5.91 Å². The Balaban J connectivity index is 2.85. The molecule has 0 aliphatic carbocycles. The molecule has 0 unspecified atom stereocenters. The average molecular weight is 207 g/mol. The second-order valence-electron chi connectivity index (χ2n) is 3.41. The zero-order valence-electron chi connectivity index (χ0n) is 9.46. The van der Waals surface area contributed by atoms with E-state index in [1.54, 1.807) is 7.11 Å². The van der Waals surface area contributed by atoms with Crippen molar-refractivity contribution in [2.75, 3.05) is 7.11 Å². The normalized spacial score (nSPS) is 9.80. The molecule has 1 aromatic rings. The SMILES string of the molecule is CCc1ccc(OC)c(CNC(C)=O)c1. The number of carbonyl (C=O) groups is 1. The Morgan fingerprint density at radius 2 is 2.20 bits per heavy atom. The van der Waals surface area contributed by atoms with Crippen molar-refractivity contribution in [3.05, 3.63) is 29.3 Å². The van der Waals surface area contributed by atoms with Crippen LogP contribution in [0.3, 0.4) is 0 Å². The highest BCUT2D eigenvalue weighted by Gasteiger charge is 2.04. The number of hydrogen-bond acceptors (Lipinski definition) is 2. The quantitative estimate of drug-likeness (QED) is 0.818. The van der Waals surface area contributed by atoms with Gasteiger partial charge in [0, 0.05) is 19.0 Å². The highest BCUT2D eigenvalue weighted by atomic mass is 16.5. The number of amides is 1. The van der Waals surface area contributed by atoms with Gasteiger partial charge in [0.15, 0.2) is 0 Å².